The van der Waals surface area contributed by atoms with Gasteiger partial charge in [0.25, 0.3) is 0 Å². The molecule has 0 saturated carbocycles. The number of thiazole rings is 2. The monoisotopic (exact) mass is 326 g/mol. The number of hydrogen-bond donors (Lipinski definition) is 0. The summed E-state index contributed by atoms with van der Waals surface area (Å²) in [5.41, 5.74) is 3.73. The fraction of sp³-hybridized carbons (Fsp3) is 0.600. The summed E-state index contributed by atoms with van der Waals surface area (Å²) in [7, 11) is 2.08. The Morgan fingerprint density at radius 3 is 1.81 bits per heavy atom. The van der Waals surface area contributed by atoms with Crippen molar-refractivity contribution in [2.75, 3.05) is 23.4 Å². The molecule has 21 heavy (non-hydrogen) atoms. The zero-order chi connectivity index (χ0) is 15.8. The Labute approximate surface area is 136 Å². The van der Waals surface area contributed by atoms with Gasteiger partial charge in [-0.3, -0.25) is 9.97 Å². The van der Waals surface area contributed by atoms with Gasteiger partial charge in [0.1, 0.15) is 10.0 Å². The molecule has 0 aromatic carbocycles. The molecule has 0 aliphatic heterocycles. The van der Waals surface area contributed by atoms with Gasteiger partial charge in [0.15, 0.2) is 0 Å². The molecule has 0 bridgehead atoms. The molecule has 0 spiro atoms. The zero-order valence-electron chi connectivity index (χ0n) is 13.8. The van der Waals surface area contributed by atoms with Crippen molar-refractivity contribution in [2.24, 2.45) is 0 Å². The van der Waals surface area contributed by atoms with Crippen LogP contribution in [0.5, 0.6) is 0 Å². The molecule has 0 aliphatic rings. The smallest absolute Gasteiger partial charge is 0.111 e. The van der Waals surface area contributed by atoms with Crippen molar-refractivity contribution >= 4 is 32.7 Å². The average Bonchev–Trinajstić information content (AvgIpc) is 3.12. The maximum absolute atomic E-state index is 4.05. The third kappa shape index (κ3) is 5.63. The van der Waals surface area contributed by atoms with Crippen LogP contribution in [0.4, 0.5) is 10.0 Å². The fourth-order valence-corrected chi connectivity index (χ4v) is 3.32. The van der Waals surface area contributed by atoms with Crippen molar-refractivity contribution in [3.8, 4) is 0 Å². The van der Waals surface area contributed by atoms with Crippen LogP contribution in [0.25, 0.3) is 0 Å². The minimum atomic E-state index is 0.556. The second-order valence-electron chi connectivity index (χ2n) is 5.26. The lowest BCUT2D eigenvalue weighted by atomic mass is 10.3. The second kappa shape index (κ2) is 9.00. The Balaban J connectivity index is 0.000000211. The van der Waals surface area contributed by atoms with E-state index in [1.54, 1.807) is 22.7 Å². The molecule has 0 amide bonds. The van der Waals surface area contributed by atoms with E-state index >= 15 is 0 Å². The number of anilines is 2. The molecule has 118 valence electrons. The van der Waals surface area contributed by atoms with Crippen LogP contribution in [0.2, 0.25) is 0 Å². The highest BCUT2D eigenvalue weighted by Gasteiger charge is 2.08. The highest BCUT2D eigenvalue weighted by molar-refractivity contribution is 7.14. The second-order valence-corrected chi connectivity index (χ2v) is 6.99. The SMILES string of the molecule is CC(C)N(C)c1cncs1.CCN(c1cncs1)C(C)C. The van der Waals surface area contributed by atoms with Crippen molar-refractivity contribution in [3.05, 3.63) is 23.4 Å². The lowest BCUT2D eigenvalue weighted by molar-refractivity contribution is 0.709. The maximum atomic E-state index is 4.05. The van der Waals surface area contributed by atoms with Gasteiger partial charge in [0, 0.05) is 25.7 Å². The average molecular weight is 327 g/mol. The molecular formula is C15H26N4S2. The molecule has 0 unspecified atom stereocenters. The van der Waals surface area contributed by atoms with Crippen molar-refractivity contribution in [1.82, 2.24) is 9.97 Å². The molecular weight excluding hydrogens is 300 g/mol. The van der Waals surface area contributed by atoms with Gasteiger partial charge in [-0.15, -0.1) is 22.7 Å². The number of nitrogens with zero attached hydrogens (tertiary/aromatic N) is 4. The summed E-state index contributed by atoms with van der Waals surface area (Å²) in [6, 6.07) is 1.13. The first-order valence-electron chi connectivity index (χ1n) is 7.23. The Morgan fingerprint density at radius 1 is 0.952 bits per heavy atom. The Bertz CT molecular complexity index is 466. The van der Waals surface area contributed by atoms with E-state index in [2.05, 4.69) is 61.4 Å². The number of hydrogen-bond acceptors (Lipinski definition) is 6. The molecule has 0 N–H and O–H groups in total. The highest BCUT2D eigenvalue weighted by Crippen LogP contribution is 2.20. The third-order valence-electron chi connectivity index (χ3n) is 3.21. The molecule has 4 nitrogen and oxygen atoms in total. The third-order valence-corrected chi connectivity index (χ3v) is 4.88. The van der Waals surface area contributed by atoms with Crippen LogP contribution in [-0.4, -0.2) is 35.6 Å². The van der Waals surface area contributed by atoms with Crippen molar-refractivity contribution in [1.29, 1.82) is 0 Å². The van der Waals surface area contributed by atoms with Crippen LogP contribution in [0.1, 0.15) is 34.6 Å². The molecule has 0 radical (unpaired) electrons. The number of aromatic nitrogens is 2. The molecule has 0 aliphatic carbocycles. The van der Waals surface area contributed by atoms with E-state index in [4.69, 9.17) is 0 Å². The van der Waals surface area contributed by atoms with Gasteiger partial charge in [0.05, 0.1) is 23.4 Å². The molecule has 2 heterocycles. The topological polar surface area (TPSA) is 32.3 Å². The van der Waals surface area contributed by atoms with Gasteiger partial charge in [-0.2, -0.15) is 0 Å². The minimum absolute atomic E-state index is 0.556. The fourth-order valence-electron chi connectivity index (χ4n) is 1.76. The van der Waals surface area contributed by atoms with Gasteiger partial charge in [-0.1, -0.05) is 0 Å². The lowest BCUT2D eigenvalue weighted by Gasteiger charge is -2.24. The maximum Gasteiger partial charge on any atom is 0.111 e. The van der Waals surface area contributed by atoms with Crippen LogP contribution in [0.15, 0.2) is 23.4 Å². The summed E-state index contributed by atoms with van der Waals surface area (Å²) >= 11 is 3.37. The van der Waals surface area contributed by atoms with E-state index in [-0.39, 0.29) is 0 Å². The van der Waals surface area contributed by atoms with Crippen LogP contribution in [-0.2, 0) is 0 Å². The van der Waals surface area contributed by atoms with Crippen LogP contribution in [0.3, 0.4) is 0 Å². The molecule has 2 aromatic rings. The van der Waals surface area contributed by atoms with E-state index in [0.717, 1.165) is 6.54 Å². The normalized spacial score (nSPS) is 10.5. The molecule has 2 rings (SSSR count). The lowest BCUT2D eigenvalue weighted by Crippen LogP contribution is -2.29. The molecule has 2 aromatic heterocycles. The van der Waals surface area contributed by atoms with Gasteiger partial charge < -0.3 is 9.80 Å². The van der Waals surface area contributed by atoms with Crippen LogP contribution < -0.4 is 9.80 Å². The van der Waals surface area contributed by atoms with E-state index in [0.29, 0.717) is 12.1 Å². The van der Waals surface area contributed by atoms with Gasteiger partial charge in [-0.05, 0) is 34.6 Å². The van der Waals surface area contributed by atoms with Crippen molar-refractivity contribution < 1.29 is 0 Å². The van der Waals surface area contributed by atoms with Crippen LogP contribution in [0, 0.1) is 0 Å². The largest absolute Gasteiger partial charge is 0.363 e. The minimum Gasteiger partial charge on any atom is -0.363 e. The zero-order valence-corrected chi connectivity index (χ0v) is 15.4. The Hall–Kier alpha value is -1.14. The first-order valence-corrected chi connectivity index (χ1v) is 8.99. The van der Waals surface area contributed by atoms with E-state index < -0.39 is 0 Å². The van der Waals surface area contributed by atoms with E-state index in [9.17, 15) is 0 Å². The van der Waals surface area contributed by atoms with Crippen LogP contribution >= 0.6 is 22.7 Å². The predicted molar refractivity (Wildman–Crippen MR) is 95.9 cm³/mol. The van der Waals surface area contributed by atoms with Crippen molar-refractivity contribution in [2.45, 2.75) is 46.7 Å². The Morgan fingerprint density at radius 2 is 1.48 bits per heavy atom. The highest BCUT2D eigenvalue weighted by atomic mass is 32.1. The summed E-state index contributed by atoms with van der Waals surface area (Å²) in [5.74, 6) is 0. The summed E-state index contributed by atoms with van der Waals surface area (Å²) in [6.45, 7) is 11.9. The molecule has 0 saturated heterocycles. The first-order chi connectivity index (χ1) is 9.97. The van der Waals surface area contributed by atoms with Gasteiger partial charge in [0.2, 0.25) is 0 Å². The number of rotatable bonds is 5. The predicted octanol–water partition coefficient (Wildman–Crippen LogP) is 4.37. The van der Waals surface area contributed by atoms with E-state index in [1.165, 1.54) is 10.0 Å². The quantitative estimate of drug-likeness (QED) is 0.817. The summed E-state index contributed by atoms with van der Waals surface area (Å²) in [4.78, 5) is 12.6. The molecule has 6 heteroatoms. The van der Waals surface area contributed by atoms with Gasteiger partial charge >= 0.3 is 0 Å². The standard InChI is InChI=1S/C8H14N2S.C7H12N2S/c1-4-10(7(2)3)8-5-9-6-11-8;1-6(2)9(3)7-4-8-5-10-7/h5-7H,4H2,1-3H3;4-6H,1-3H3. The Kier molecular flexibility index (Phi) is 7.67. The molecule has 0 atom stereocenters. The molecule has 0 fully saturated rings. The summed E-state index contributed by atoms with van der Waals surface area (Å²) in [6.07, 6.45) is 3.82. The van der Waals surface area contributed by atoms with Crippen molar-refractivity contribution in [3.63, 3.8) is 0 Å². The first kappa shape index (κ1) is 17.9. The van der Waals surface area contributed by atoms with Gasteiger partial charge in [-0.25, -0.2) is 0 Å². The summed E-state index contributed by atoms with van der Waals surface area (Å²) in [5, 5.41) is 2.50. The van der Waals surface area contributed by atoms with E-state index in [1.807, 2.05) is 23.4 Å². The summed E-state index contributed by atoms with van der Waals surface area (Å²) < 4.78 is 0.